The molecule has 0 spiro atoms. The molecule has 2 atom stereocenters. The van der Waals surface area contributed by atoms with Crippen LogP contribution in [0.15, 0.2) is 0 Å². The lowest BCUT2D eigenvalue weighted by molar-refractivity contribution is 0.144. The highest BCUT2D eigenvalue weighted by Gasteiger charge is 2.23. The average Bonchev–Trinajstić information content (AvgIpc) is 2.41. The highest BCUT2D eigenvalue weighted by atomic mass is 16.3. The van der Waals surface area contributed by atoms with Gasteiger partial charge in [-0.1, -0.05) is 6.92 Å². The monoisotopic (exact) mass is 214 g/mol. The van der Waals surface area contributed by atoms with E-state index >= 15 is 0 Å². The molecule has 0 amide bonds. The summed E-state index contributed by atoms with van der Waals surface area (Å²) in [6, 6.07) is 1.21. The fourth-order valence-corrected chi connectivity index (χ4v) is 2.33. The molecule has 0 saturated carbocycles. The van der Waals surface area contributed by atoms with Crippen LogP contribution < -0.4 is 0 Å². The smallest absolute Gasteiger partial charge is 0.0446 e. The Morgan fingerprint density at radius 3 is 2.73 bits per heavy atom. The Kier molecular flexibility index (Phi) is 5.58. The van der Waals surface area contributed by atoms with Crippen molar-refractivity contribution in [3.05, 3.63) is 0 Å². The van der Waals surface area contributed by atoms with Crippen molar-refractivity contribution in [2.24, 2.45) is 0 Å². The van der Waals surface area contributed by atoms with Crippen molar-refractivity contribution < 1.29 is 5.11 Å². The summed E-state index contributed by atoms with van der Waals surface area (Å²) in [5.74, 6) is 0. The summed E-state index contributed by atoms with van der Waals surface area (Å²) in [6.45, 7) is 8.36. The molecule has 1 heterocycles. The van der Waals surface area contributed by atoms with Gasteiger partial charge < -0.3 is 10.0 Å². The van der Waals surface area contributed by atoms with Gasteiger partial charge in [-0.3, -0.25) is 4.90 Å². The summed E-state index contributed by atoms with van der Waals surface area (Å²) in [7, 11) is 2.18. The van der Waals surface area contributed by atoms with Crippen LogP contribution in [-0.2, 0) is 0 Å². The van der Waals surface area contributed by atoms with Crippen LogP contribution in [0.3, 0.4) is 0 Å². The Morgan fingerprint density at radius 2 is 2.13 bits per heavy atom. The van der Waals surface area contributed by atoms with Crippen molar-refractivity contribution in [2.45, 2.75) is 45.2 Å². The minimum absolute atomic E-state index is 0.309. The quantitative estimate of drug-likeness (QED) is 0.761. The van der Waals surface area contributed by atoms with Crippen LogP contribution in [0.5, 0.6) is 0 Å². The minimum atomic E-state index is 0.309. The van der Waals surface area contributed by atoms with E-state index in [-0.39, 0.29) is 0 Å². The molecule has 1 saturated heterocycles. The number of hydrogen-bond donors (Lipinski definition) is 1. The van der Waals surface area contributed by atoms with Crippen molar-refractivity contribution in [1.29, 1.82) is 0 Å². The number of aliphatic hydroxyl groups excluding tert-OH is 1. The lowest BCUT2D eigenvalue weighted by atomic mass is 10.1. The van der Waals surface area contributed by atoms with Crippen LogP contribution >= 0.6 is 0 Å². The first-order valence-electron chi connectivity index (χ1n) is 6.24. The summed E-state index contributed by atoms with van der Waals surface area (Å²) in [5.41, 5.74) is 0. The first kappa shape index (κ1) is 12.9. The number of aliphatic hydroxyl groups is 1. The van der Waals surface area contributed by atoms with E-state index < -0.39 is 0 Å². The van der Waals surface area contributed by atoms with Gasteiger partial charge in [0, 0.05) is 25.2 Å². The Hall–Kier alpha value is -0.120. The number of nitrogens with zero attached hydrogens (tertiary/aromatic N) is 2. The number of rotatable bonds is 4. The van der Waals surface area contributed by atoms with Crippen molar-refractivity contribution in [3.63, 3.8) is 0 Å². The molecule has 3 heteroatoms. The van der Waals surface area contributed by atoms with Crippen molar-refractivity contribution in [3.8, 4) is 0 Å². The van der Waals surface area contributed by atoms with Crippen LogP contribution in [0.2, 0.25) is 0 Å². The minimum Gasteiger partial charge on any atom is -0.396 e. The third-order valence-electron chi connectivity index (χ3n) is 3.70. The van der Waals surface area contributed by atoms with Crippen molar-refractivity contribution in [1.82, 2.24) is 9.80 Å². The summed E-state index contributed by atoms with van der Waals surface area (Å²) in [6.07, 6.45) is 3.38. The van der Waals surface area contributed by atoms with Crippen LogP contribution in [0, 0.1) is 0 Å². The van der Waals surface area contributed by atoms with Gasteiger partial charge in [-0.2, -0.15) is 0 Å². The lowest BCUT2D eigenvalue weighted by Gasteiger charge is -2.31. The number of hydrogen-bond acceptors (Lipinski definition) is 3. The fraction of sp³-hybridized carbons (Fsp3) is 1.00. The highest BCUT2D eigenvalue weighted by Crippen LogP contribution is 2.14. The first-order valence-corrected chi connectivity index (χ1v) is 6.24. The van der Waals surface area contributed by atoms with Gasteiger partial charge in [-0.15, -0.1) is 0 Å². The predicted octanol–water partition coefficient (Wildman–Crippen LogP) is 1.17. The second kappa shape index (κ2) is 6.46. The van der Waals surface area contributed by atoms with E-state index in [9.17, 15) is 0 Å². The van der Waals surface area contributed by atoms with Crippen LogP contribution in [-0.4, -0.2) is 60.3 Å². The number of likely N-dealkylation sites (N-methyl/N-ethyl adjacent to an activating group) is 1. The molecule has 2 unspecified atom stereocenters. The average molecular weight is 214 g/mol. The second-order valence-electron chi connectivity index (χ2n) is 4.75. The molecule has 1 aliphatic rings. The zero-order chi connectivity index (χ0) is 11.3. The zero-order valence-electron chi connectivity index (χ0n) is 10.4. The first-order chi connectivity index (χ1) is 7.19. The summed E-state index contributed by atoms with van der Waals surface area (Å²) in [4.78, 5) is 4.97. The lowest BCUT2D eigenvalue weighted by Crippen LogP contribution is -2.42. The van der Waals surface area contributed by atoms with Crippen LogP contribution in [0.25, 0.3) is 0 Å². The molecule has 3 nitrogen and oxygen atoms in total. The maximum absolute atomic E-state index is 9.06. The van der Waals surface area contributed by atoms with Gasteiger partial charge in [0.2, 0.25) is 0 Å². The van der Waals surface area contributed by atoms with E-state index in [4.69, 9.17) is 5.11 Å². The van der Waals surface area contributed by atoms with E-state index in [0.29, 0.717) is 18.7 Å². The van der Waals surface area contributed by atoms with E-state index in [1.807, 2.05) is 0 Å². The molecule has 1 rings (SSSR count). The maximum Gasteiger partial charge on any atom is 0.0446 e. The maximum atomic E-state index is 9.06. The molecule has 1 N–H and O–H groups in total. The molecule has 0 aromatic heterocycles. The zero-order valence-corrected chi connectivity index (χ0v) is 10.4. The van der Waals surface area contributed by atoms with Gasteiger partial charge in [0.1, 0.15) is 0 Å². The Bertz CT molecular complexity index is 175. The van der Waals surface area contributed by atoms with E-state index in [1.54, 1.807) is 0 Å². The van der Waals surface area contributed by atoms with Crippen molar-refractivity contribution in [2.75, 3.05) is 33.3 Å². The molecule has 0 radical (unpaired) electrons. The SMILES string of the molecule is CCC(C)N1CCCN(C)C(CCO)C1. The Morgan fingerprint density at radius 1 is 1.40 bits per heavy atom. The van der Waals surface area contributed by atoms with E-state index in [2.05, 4.69) is 30.7 Å². The fourth-order valence-electron chi connectivity index (χ4n) is 2.33. The summed E-state index contributed by atoms with van der Waals surface area (Å²) >= 11 is 0. The molecule has 0 aromatic rings. The molecule has 1 aliphatic heterocycles. The van der Waals surface area contributed by atoms with E-state index in [0.717, 1.165) is 19.5 Å². The third-order valence-corrected chi connectivity index (χ3v) is 3.70. The molecule has 15 heavy (non-hydrogen) atoms. The van der Waals surface area contributed by atoms with Gasteiger partial charge in [0.15, 0.2) is 0 Å². The standard InChI is InChI=1S/C12H26N2O/c1-4-11(2)14-8-5-7-13(3)12(10-14)6-9-15/h11-12,15H,4-10H2,1-3H3. The molecule has 0 aromatic carbocycles. The van der Waals surface area contributed by atoms with Crippen LogP contribution in [0.4, 0.5) is 0 Å². The molecular formula is C12H26N2O. The predicted molar refractivity (Wildman–Crippen MR) is 64.1 cm³/mol. The third kappa shape index (κ3) is 3.74. The highest BCUT2D eigenvalue weighted by molar-refractivity contribution is 4.80. The largest absolute Gasteiger partial charge is 0.396 e. The second-order valence-corrected chi connectivity index (χ2v) is 4.75. The van der Waals surface area contributed by atoms with Crippen LogP contribution in [0.1, 0.15) is 33.1 Å². The molecule has 1 fully saturated rings. The van der Waals surface area contributed by atoms with Gasteiger partial charge >= 0.3 is 0 Å². The van der Waals surface area contributed by atoms with E-state index in [1.165, 1.54) is 19.4 Å². The summed E-state index contributed by atoms with van der Waals surface area (Å²) < 4.78 is 0. The molecule has 90 valence electrons. The Balaban J connectivity index is 2.54. The van der Waals surface area contributed by atoms with Gasteiger partial charge in [0.05, 0.1) is 0 Å². The van der Waals surface area contributed by atoms with Crippen molar-refractivity contribution >= 4 is 0 Å². The summed E-state index contributed by atoms with van der Waals surface area (Å²) in [5, 5.41) is 9.06. The topological polar surface area (TPSA) is 26.7 Å². The molecule has 0 bridgehead atoms. The molecular weight excluding hydrogens is 188 g/mol. The molecule has 0 aliphatic carbocycles. The Labute approximate surface area is 94.1 Å². The van der Waals surface area contributed by atoms with Gasteiger partial charge in [0.25, 0.3) is 0 Å². The van der Waals surface area contributed by atoms with Gasteiger partial charge in [-0.25, -0.2) is 0 Å². The normalized spacial score (nSPS) is 27.6. The van der Waals surface area contributed by atoms with Gasteiger partial charge in [-0.05, 0) is 46.3 Å².